The molecule has 2 heterocycles. The maximum absolute atomic E-state index is 13.3. The first kappa shape index (κ1) is 23.7. The first-order valence-electron chi connectivity index (χ1n) is 11.8. The molecule has 1 aliphatic rings. The van der Waals surface area contributed by atoms with Crippen molar-refractivity contribution in [3.8, 4) is 17.0 Å². The molecule has 178 valence electrons. The predicted molar refractivity (Wildman–Crippen MR) is 133 cm³/mol. The van der Waals surface area contributed by atoms with Gasteiger partial charge in [-0.25, -0.2) is 4.98 Å². The van der Waals surface area contributed by atoms with Crippen LogP contribution in [0.25, 0.3) is 11.3 Å². The average Bonchev–Trinajstić information content (AvgIpc) is 2.89. The number of hydrogen-bond acceptors (Lipinski definition) is 5. The second-order valence-electron chi connectivity index (χ2n) is 8.39. The monoisotopic (exact) mass is 461 g/mol. The smallest absolute Gasteiger partial charge is 0.251 e. The van der Waals surface area contributed by atoms with Gasteiger partial charge in [-0.1, -0.05) is 30.3 Å². The van der Waals surface area contributed by atoms with Crippen molar-refractivity contribution in [2.45, 2.75) is 12.8 Å². The fraction of sp³-hybridized carbons (Fsp3) is 0.333. The Hall–Kier alpha value is -3.45. The number of rotatable bonds is 9. The highest BCUT2D eigenvalue weighted by atomic mass is 18.2. The van der Waals surface area contributed by atoms with E-state index in [1.54, 1.807) is 43.5 Å². The molecule has 0 bridgehead atoms. The van der Waals surface area contributed by atoms with E-state index in [0.717, 1.165) is 62.6 Å². The highest BCUT2D eigenvalue weighted by Gasteiger charge is 2.19. The van der Waals surface area contributed by atoms with Gasteiger partial charge in [-0.15, -0.1) is 0 Å². The third-order valence-electron chi connectivity index (χ3n) is 6.14. The number of para-hydroxylation sites is 2. The van der Waals surface area contributed by atoms with E-state index in [2.05, 4.69) is 32.2 Å². The van der Waals surface area contributed by atoms with Gasteiger partial charge in [0, 0.05) is 43.9 Å². The summed E-state index contributed by atoms with van der Waals surface area (Å²) < 4.78 is 18.8. The van der Waals surface area contributed by atoms with Crippen LogP contribution >= 0.6 is 0 Å². The van der Waals surface area contributed by atoms with Crippen molar-refractivity contribution in [1.29, 1.82) is 0 Å². The molecule has 0 atom stereocenters. The van der Waals surface area contributed by atoms with Crippen molar-refractivity contribution in [2.24, 2.45) is 0 Å². The molecule has 0 saturated carbocycles. The Morgan fingerprint density at radius 1 is 0.971 bits per heavy atom. The van der Waals surface area contributed by atoms with Gasteiger partial charge in [0.1, 0.15) is 5.75 Å². The summed E-state index contributed by atoms with van der Waals surface area (Å²) in [5.74, 6) is 0.314. The minimum Gasteiger partial charge on any atom is -0.495 e. The van der Waals surface area contributed by atoms with E-state index in [4.69, 9.17) is 4.74 Å². The summed E-state index contributed by atoms with van der Waals surface area (Å²) in [6, 6.07) is 19.9. The van der Waals surface area contributed by atoms with Crippen molar-refractivity contribution in [3.63, 3.8) is 0 Å². The van der Waals surface area contributed by atoms with Crippen molar-refractivity contribution in [2.75, 3.05) is 51.3 Å². The summed E-state index contributed by atoms with van der Waals surface area (Å²) in [4.78, 5) is 21.2. The number of carbonyl (C=O) groups excluding carboxylic acids is 1. The second kappa shape index (κ2) is 11.6. The Kier molecular flexibility index (Phi) is 8.09. The number of pyridine rings is 1. The number of ether oxygens (including phenoxy) is 1. The molecule has 4 rings (SSSR count). The molecule has 1 amide bonds. The zero-order valence-corrected chi connectivity index (χ0v) is 19.5. The number of halogens is 1. The van der Waals surface area contributed by atoms with Crippen molar-refractivity contribution >= 4 is 11.6 Å². The molecule has 1 fully saturated rings. The van der Waals surface area contributed by atoms with E-state index in [1.807, 2.05) is 12.1 Å². The third kappa shape index (κ3) is 6.11. The third-order valence-corrected chi connectivity index (χ3v) is 6.14. The van der Waals surface area contributed by atoms with E-state index >= 15 is 0 Å². The molecule has 34 heavy (non-hydrogen) atoms. The SMILES string of the molecule is COc1ccccc1N1CCN(CCCCNC(=O)c2ccc(-c3cccc([18F])n3)cc2)CC1. The Morgan fingerprint density at radius 2 is 1.74 bits per heavy atom. The zero-order chi connectivity index (χ0) is 23.8. The van der Waals surface area contributed by atoms with Crippen LogP contribution < -0.4 is 15.0 Å². The van der Waals surface area contributed by atoms with E-state index in [9.17, 15) is 9.18 Å². The summed E-state index contributed by atoms with van der Waals surface area (Å²) in [5.41, 5.74) is 3.08. The molecule has 3 aromatic rings. The number of aromatic nitrogens is 1. The summed E-state index contributed by atoms with van der Waals surface area (Å²) >= 11 is 0. The standard InChI is InChI=1S/C27H31FN4O2/c1-34-25-9-3-2-8-24(25)32-19-17-31(18-20-32)16-5-4-15-29-27(33)22-13-11-21(12-14-22)23-7-6-10-26(28)30-23/h2-3,6-14H,4-5,15-20H2,1H3,(H,29,33)/i28-1. The van der Waals surface area contributed by atoms with Gasteiger partial charge in [-0.05, 0) is 55.8 Å². The van der Waals surface area contributed by atoms with E-state index in [0.29, 0.717) is 17.8 Å². The summed E-state index contributed by atoms with van der Waals surface area (Å²) in [6.07, 6.45) is 1.98. The van der Waals surface area contributed by atoms with Crippen LogP contribution in [0.2, 0.25) is 0 Å². The lowest BCUT2D eigenvalue weighted by atomic mass is 10.1. The van der Waals surface area contributed by atoms with Crippen LogP contribution in [0, 0.1) is 5.95 Å². The normalized spacial score (nSPS) is 14.1. The van der Waals surface area contributed by atoms with Gasteiger partial charge in [0.25, 0.3) is 5.91 Å². The lowest BCUT2D eigenvalue weighted by Crippen LogP contribution is -2.46. The molecule has 1 aliphatic heterocycles. The topological polar surface area (TPSA) is 57.7 Å². The van der Waals surface area contributed by atoms with Crippen LogP contribution in [0.3, 0.4) is 0 Å². The van der Waals surface area contributed by atoms with E-state index in [-0.39, 0.29) is 5.91 Å². The van der Waals surface area contributed by atoms with Crippen LogP contribution in [0.1, 0.15) is 23.2 Å². The largest absolute Gasteiger partial charge is 0.495 e. The van der Waals surface area contributed by atoms with Crippen LogP contribution in [0.5, 0.6) is 5.75 Å². The minimum atomic E-state index is -0.516. The number of carbonyl (C=O) groups is 1. The minimum absolute atomic E-state index is 0.0934. The number of methoxy groups -OCH3 is 1. The van der Waals surface area contributed by atoms with E-state index < -0.39 is 5.95 Å². The van der Waals surface area contributed by atoms with Crippen LogP contribution in [0.15, 0.2) is 66.7 Å². The molecule has 0 unspecified atom stereocenters. The molecular formula is C27H31FN4O2. The Morgan fingerprint density at radius 3 is 2.47 bits per heavy atom. The summed E-state index contributed by atoms with van der Waals surface area (Å²) in [6.45, 7) is 5.70. The fourth-order valence-corrected chi connectivity index (χ4v) is 4.23. The van der Waals surface area contributed by atoms with E-state index in [1.165, 1.54) is 6.07 Å². The first-order chi connectivity index (χ1) is 16.6. The van der Waals surface area contributed by atoms with Gasteiger partial charge in [0.05, 0.1) is 18.5 Å². The molecule has 7 heteroatoms. The Bertz CT molecular complexity index is 1080. The molecule has 6 nitrogen and oxygen atoms in total. The van der Waals surface area contributed by atoms with Gasteiger partial charge in [-0.3, -0.25) is 9.69 Å². The van der Waals surface area contributed by atoms with Gasteiger partial charge in [-0.2, -0.15) is 4.39 Å². The lowest BCUT2D eigenvalue weighted by Gasteiger charge is -2.36. The van der Waals surface area contributed by atoms with Gasteiger partial charge < -0.3 is 15.0 Å². The number of nitrogens with one attached hydrogen (secondary N) is 1. The van der Waals surface area contributed by atoms with Crippen LogP contribution in [-0.4, -0.2) is 62.2 Å². The van der Waals surface area contributed by atoms with Crippen LogP contribution in [0.4, 0.5) is 10.1 Å². The number of anilines is 1. The highest BCUT2D eigenvalue weighted by Crippen LogP contribution is 2.28. The zero-order valence-electron chi connectivity index (χ0n) is 19.5. The Balaban J connectivity index is 1.15. The second-order valence-corrected chi connectivity index (χ2v) is 8.39. The van der Waals surface area contributed by atoms with Gasteiger partial charge >= 0.3 is 0 Å². The highest BCUT2D eigenvalue weighted by molar-refractivity contribution is 5.94. The number of benzene rings is 2. The predicted octanol–water partition coefficient (Wildman–Crippen LogP) is 4.23. The fourth-order valence-electron chi connectivity index (χ4n) is 4.23. The average molecular weight is 462 g/mol. The van der Waals surface area contributed by atoms with Crippen molar-refractivity contribution in [3.05, 3.63) is 78.2 Å². The van der Waals surface area contributed by atoms with Crippen molar-refractivity contribution < 1.29 is 13.9 Å². The molecule has 1 N–H and O–H groups in total. The molecular weight excluding hydrogens is 430 g/mol. The molecule has 2 aromatic carbocycles. The number of piperazine rings is 1. The number of hydrogen-bond donors (Lipinski definition) is 1. The van der Waals surface area contributed by atoms with Gasteiger partial charge in [0.15, 0.2) is 0 Å². The maximum Gasteiger partial charge on any atom is 0.251 e. The number of nitrogens with zero attached hydrogens (tertiary/aromatic N) is 3. The molecule has 0 spiro atoms. The first-order valence-corrected chi connectivity index (χ1v) is 11.8. The maximum atomic E-state index is 13.3. The lowest BCUT2D eigenvalue weighted by molar-refractivity contribution is 0.0952. The Labute approximate surface area is 200 Å². The van der Waals surface area contributed by atoms with Crippen molar-refractivity contribution in [1.82, 2.24) is 15.2 Å². The number of unbranched alkanes of at least 4 members (excludes halogenated alkanes) is 1. The molecule has 1 aromatic heterocycles. The van der Waals surface area contributed by atoms with Crippen LogP contribution in [-0.2, 0) is 0 Å². The quantitative estimate of drug-likeness (QED) is 0.382. The molecule has 0 radical (unpaired) electrons. The molecule has 1 saturated heterocycles. The molecule has 0 aliphatic carbocycles. The summed E-state index contributed by atoms with van der Waals surface area (Å²) in [5, 5.41) is 2.99. The number of amides is 1. The van der Waals surface area contributed by atoms with Gasteiger partial charge in [0.2, 0.25) is 5.95 Å². The summed E-state index contributed by atoms with van der Waals surface area (Å²) in [7, 11) is 1.72.